The lowest BCUT2D eigenvalue weighted by molar-refractivity contribution is 0.199. The molecule has 7 heteroatoms. The summed E-state index contributed by atoms with van der Waals surface area (Å²) in [7, 11) is -3.25. The topological polar surface area (TPSA) is 57.6 Å². The van der Waals surface area contributed by atoms with Crippen LogP contribution in [0.5, 0.6) is 0 Å². The van der Waals surface area contributed by atoms with Gasteiger partial charge in [-0.2, -0.15) is 11.8 Å². The number of benzene rings is 1. The Morgan fingerprint density at radius 1 is 1.50 bits per heavy atom. The minimum absolute atomic E-state index is 0.422. The van der Waals surface area contributed by atoms with E-state index in [1.54, 1.807) is 29.7 Å². The van der Waals surface area contributed by atoms with E-state index in [1.165, 1.54) is 18.4 Å². The summed E-state index contributed by atoms with van der Waals surface area (Å²) in [5.74, 6) is 0.852. The molecule has 0 radical (unpaired) electrons. The highest BCUT2D eigenvalue weighted by Gasteiger charge is 2.32. The van der Waals surface area contributed by atoms with Gasteiger partial charge in [0.05, 0.1) is 6.10 Å². The van der Waals surface area contributed by atoms with Gasteiger partial charge in [-0.05, 0) is 25.1 Å². The minimum atomic E-state index is -3.25. The van der Waals surface area contributed by atoms with E-state index >= 15 is 0 Å². The molecule has 4 nitrogen and oxygen atoms in total. The van der Waals surface area contributed by atoms with Crippen LogP contribution in [-0.4, -0.2) is 43.2 Å². The third kappa shape index (κ3) is 3.27. The Labute approximate surface area is 122 Å². The molecule has 1 N–H and O–H groups in total. The first-order valence-corrected chi connectivity index (χ1v) is 9.42. The number of hydrogen-bond donors (Lipinski definition) is 1. The SMILES string of the molecule is C[C@H](O)c1cc(F)ccc1N1CCSCC1S(C)(=O)=O. The highest BCUT2D eigenvalue weighted by Crippen LogP contribution is 2.32. The van der Waals surface area contributed by atoms with Crippen molar-refractivity contribution in [2.75, 3.05) is 29.2 Å². The summed E-state index contributed by atoms with van der Waals surface area (Å²) in [6, 6.07) is 4.11. The van der Waals surface area contributed by atoms with Gasteiger partial charge in [-0.1, -0.05) is 0 Å². The number of aliphatic hydroxyl groups is 1. The maximum atomic E-state index is 13.4. The van der Waals surface area contributed by atoms with Crippen molar-refractivity contribution < 1.29 is 17.9 Å². The van der Waals surface area contributed by atoms with Crippen molar-refractivity contribution >= 4 is 27.3 Å². The van der Waals surface area contributed by atoms with Crippen LogP contribution in [0.3, 0.4) is 0 Å². The maximum absolute atomic E-state index is 13.4. The third-order valence-corrected chi connectivity index (χ3v) is 5.97. The number of rotatable bonds is 3. The smallest absolute Gasteiger partial charge is 0.169 e. The molecule has 1 aromatic rings. The zero-order valence-corrected chi connectivity index (χ0v) is 13.0. The molecule has 1 heterocycles. The molecule has 1 unspecified atom stereocenters. The van der Waals surface area contributed by atoms with Crippen LogP contribution in [0, 0.1) is 5.82 Å². The van der Waals surface area contributed by atoms with Crippen molar-refractivity contribution in [2.45, 2.75) is 18.4 Å². The molecule has 1 aliphatic rings. The van der Waals surface area contributed by atoms with Crippen LogP contribution in [0.25, 0.3) is 0 Å². The van der Waals surface area contributed by atoms with Crippen molar-refractivity contribution in [3.05, 3.63) is 29.6 Å². The van der Waals surface area contributed by atoms with E-state index in [9.17, 15) is 17.9 Å². The van der Waals surface area contributed by atoms with E-state index in [0.29, 0.717) is 23.5 Å². The molecule has 0 aromatic heterocycles. The minimum Gasteiger partial charge on any atom is -0.389 e. The molecule has 0 bridgehead atoms. The lowest BCUT2D eigenvalue weighted by Crippen LogP contribution is -2.47. The quantitative estimate of drug-likeness (QED) is 0.921. The van der Waals surface area contributed by atoms with Crippen molar-refractivity contribution in [2.24, 2.45) is 0 Å². The molecule has 2 rings (SSSR count). The predicted molar refractivity (Wildman–Crippen MR) is 80.3 cm³/mol. The molecule has 1 aliphatic heterocycles. The van der Waals surface area contributed by atoms with Crippen LogP contribution in [0.1, 0.15) is 18.6 Å². The molecule has 0 amide bonds. The Kier molecular flexibility index (Phi) is 4.61. The second-order valence-corrected chi connectivity index (χ2v) is 8.28. The molecule has 1 fully saturated rings. The maximum Gasteiger partial charge on any atom is 0.169 e. The van der Waals surface area contributed by atoms with Gasteiger partial charge in [-0.15, -0.1) is 0 Å². The van der Waals surface area contributed by atoms with Crippen LogP contribution in [0.2, 0.25) is 0 Å². The van der Waals surface area contributed by atoms with Crippen LogP contribution in [-0.2, 0) is 9.84 Å². The molecule has 112 valence electrons. The zero-order valence-electron chi connectivity index (χ0n) is 11.4. The van der Waals surface area contributed by atoms with Crippen molar-refractivity contribution in [1.82, 2.24) is 0 Å². The largest absolute Gasteiger partial charge is 0.389 e. The Hall–Kier alpha value is -0.790. The van der Waals surface area contributed by atoms with Gasteiger partial charge in [0.25, 0.3) is 0 Å². The van der Waals surface area contributed by atoms with Crippen LogP contribution in [0.4, 0.5) is 10.1 Å². The number of thioether (sulfide) groups is 1. The van der Waals surface area contributed by atoms with Crippen LogP contribution >= 0.6 is 11.8 Å². The van der Waals surface area contributed by atoms with Gasteiger partial charge in [0, 0.05) is 35.6 Å². The normalized spacial score (nSPS) is 21.8. The zero-order chi connectivity index (χ0) is 14.9. The predicted octanol–water partition coefficient (Wildman–Crippen LogP) is 1.80. The number of nitrogens with zero attached hydrogens (tertiary/aromatic N) is 1. The Bertz CT molecular complexity index is 589. The van der Waals surface area contributed by atoms with Gasteiger partial charge >= 0.3 is 0 Å². The van der Waals surface area contributed by atoms with E-state index in [-0.39, 0.29) is 0 Å². The molecule has 0 aliphatic carbocycles. The molecule has 0 saturated carbocycles. The van der Waals surface area contributed by atoms with Gasteiger partial charge in [-0.25, -0.2) is 12.8 Å². The van der Waals surface area contributed by atoms with Gasteiger partial charge in [0.2, 0.25) is 0 Å². The lowest BCUT2D eigenvalue weighted by Gasteiger charge is -2.37. The molecular weight excluding hydrogens is 301 g/mol. The van der Waals surface area contributed by atoms with E-state index in [0.717, 1.165) is 5.75 Å². The van der Waals surface area contributed by atoms with Crippen molar-refractivity contribution in [3.63, 3.8) is 0 Å². The molecule has 20 heavy (non-hydrogen) atoms. The van der Waals surface area contributed by atoms with Crippen LogP contribution in [0.15, 0.2) is 18.2 Å². The second-order valence-electron chi connectivity index (χ2n) is 4.93. The highest BCUT2D eigenvalue weighted by atomic mass is 32.2. The fraction of sp³-hybridized carbons (Fsp3) is 0.538. The molecule has 1 aromatic carbocycles. The number of halogens is 1. The standard InChI is InChI=1S/C13H18FNO3S2/c1-9(16)11-7-10(14)3-4-12(11)15-5-6-19-8-13(15)20(2,17)18/h3-4,7,9,13,16H,5-6,8H2,1-2H3/t9-,13?/m0/s1. The number of aliphatic hydroxyl groups excluding tert-OH is 1. The van der Waals surface area contributed by atoms with E-state index in [2.05, 4.69) is 0 Å². The number of sulfone groups is 1. The van der Waals surface area contributed by atoms with Crippen molar-refractivity contribution in [1.29, 1.82) is 0 Å². The third-order valence-electron chi connectivity index (χ3n) is 3.33. The lowest BCUT2D eigenvalue weighted by atomic mass is 10.1. The Morgan fingerprint density at radius 3 is 2.80 bits per heavy atom. The van der Waals surface area contributed by atoms with Gasteiger partial charge in [0.1, 0.15) is 11.2 Å². The first-order chi connectivity index (χ1) is 9.30. The van der Waals surface area contributed by atoms with Gasteiger partial charge in [0.15, 0.2) is 9.84 Å². The summed E-state index contributed by atoms with van der Waals surface area (Å²) >= 11 is 1.59. The molecular formula is C13H18FNO3S2. The second kappa shape index (κ2) is 5.91. The summed E-state index contributed by atoms with van der Waals surface area (Å²) in [6.07, 6.45) is 0.359. The Balaban J connectivity index is 2.48. The number of hydrogen-bond acceptors (Lipinski definition) is 5. The first kappa shape index (κ1) is 15.6. The van der Waals surface area contributed by atoms with E-state index < -0.39 is 27.1 Å². The fourth-order valence-electron chi connectivity index (χ4n) is 2.33. The van der Waals surface area contributed by atoms with Crippen LogP contribution < -0.4 is 4.90 Å². The fourth-order valence-corrected chi connectivity index (χ4v) is 5.17. The Morgan fingerprint density at radius 2 is 2.20 bits per heavy atom. The monoisotopic (exact) mass is 319 g/mol. The summed E-state index contributed by atoms with van der Waals surface area (Å²) < 4.78 is 37.2. The highest BCUT2D eigenvalue weighted by molar-refractivity contribution is 8.01. The van der Waals surface area contributed by atoms with Crippen molar-refractivity contribution in [3.8, 4) is 0 Å². The molecule has 2 atom stereocenters. The van der Waals surface area contributed by atoms with Gasteiger partial charge in [-0.3, -0.25) is 0 Å². The summed E-state index contributed by atoms with van der Waals surface area (Å²) in [6.45, 7) is 2.11. The average Bonchev–Trinajstić information content (AvgIpc) is 2.37. The van der Waals surface area contributed by atoms with E-state index in [4.69, 9.17) is 0 Å². The molecule has 0 spiro atoms. The first-order valence-electron chi connectivity index (χ1n) is 6.31. The summed E-state index contributed by atoms with van der Waals surface area (Å²) in [5.41, 5.74) is 1.02. The number of anilines is 1. The van der Waals surface area contributed by atoms with Gasteiger partial charge < -0.3 is 10.0 Å². The van der Waals surface area contributed by atoms with E-state index in [1.807, 2.05) is 0 Å². The average molecular weight is 319 g/mol. The summed E-state index contributed by atoms with van der Waals surface area (Å²) in [5, 5.41) is 9.17. The summed E-state index contributed by atoms with van der Waals surface area (Å²) in [4.78, 5) is 1.76. The molecule has 1 saturated heterocycles.